The number of benzene rings is 2. The molecular formula is C17H16BrNO3. The van der Waals surface area contributed by atoms with Crippen LogP contribution in [0.5, 0.6) is 11.5 Å². The zero-order valence-corrected chi connectivity index (χ0v) is 13.8. The van der Waals surface area contributed by atoms with Crippen molar-refractivity contribution in [1.29, 1.82) is 0 Å². The van der Waals surface area contributed by atoms with E-state index in [4.69, 9.17) is 9.47 Å². The van der Waals surface area contributed by atoms with Crippen molar-refractivity contribution >= 4 is 27.5 Å². The molecule has 1 aliphatic heterocycles. The quantitative estimate of drug-likeness (QED) is 0.906. The van der Waals surface area contributed by atoms with Crippen LogP contribution in [0.2, 0.25) is 0 Å². The van der Waals surface area contributed by atoms with Crippen LogP contribution in [0.25, 0.3) is 0 Å². The number of anilines is 1. The molecule has 1 amide bonds. The number of hydrogen-bond donors (Lipinski definition) is 1. The minimum absolute atomic E-state index is 0.0570. The lowest BCUT2D eigenvalue weighted by molar-refractivity contribution is -0.115. The van der Waals surface area contributed by atoms with Crippen molar-refractivity contribution in [3.63, 3.8) is 0 Å². The van der Waals surface area contributed by atoms with Gasteiger partial charge in [-0.25, -0.2) is 0 Å². The summed E-state index contributed by atoms with van der Waals surface area (Å²) in [7, 11) is 0. The van der Waals surface area contributed by atoms with Gasteiger partial charge in [0.25, 0.3) is 0 Å². The van der Waals surface area contributed by atoms with Crippen molar-refractivity contribution in [2.45, 2.75) is 13.3 Å². The third-order valence-electron chi connectivity index (χ3n) is 3.41. The molecule has 1 heterocycles. The van der Waals surface area contributed by atoms with E-state index in [0.29, 0.717) is 25.4 Å². The topological polar surface area (TPSA) is 47.6 Å². The van der Waals surface area contributed by atoms with E-state index in [2.05, 4.69) is 21.2 Å². The van der Waals surface area contributed by atoms with Gasteiger partial charge in [-0.3, -0.25) is 4.79 Å². The predicted molar refractivity (Wildman–Crippen MR) is 88.6 cm³/mol. The Morgan fingerprint density at radius 1 is 1.14 bits per heavy atom. The number of carbonyl (C=O) groups is 1. The summed E-state index contributed by atoms with van der Waals surface area (Å²) in [5, 5.41) is 2.91. The Labute approximate surface area is 137 Å². The van der Waals surface area contributed by atoms with Crippen molar-refractivity contribution < 1.29 is 14.3 Å². The largest absolute Gasteiger partial charge is 0.486 e. The van der Waals surface area contributed by atoms with Gasteiger partial charge in [-0.1, -0.05) is 22.0 Å². The maximum absolute atomic E-state index is 12.2. The first-order valence-electron chi connectivity index (χ1n) is 7.06. The summed E-state index contributed by atoms with van der Waals surface area (Å²) in [5.41, 5.74) is 2.77. The van der Waals surface area contributed by atoms with Crippen LogP contribution in [0, 0.1) is 6.92 Å². The Hall–Kier alpha value is -2.01. The normalized spacial score (nSPS) is 12.8. The van der Waals surface area contributed by atoms with E-state index < -0.39 is 0 Å². The highest BCUT2D eigenvalue weighted by Gasteiger charge is 2.13. The van der Waals surface area contributed by atoms with Gasteiger partial charge in [0.2, 0.25) is 5.91 Å². The lowest BCUT2D eigenvalue weighted by Crippen LogP contribution is -2.17. The van der Waals surface area contributed by atoms with Crippen LogP contribution in [0.3, 0.4) is 0 Å². The summed E-state index contributed by atoms with van der Waals surface area (Å²) >= 11 is 3.45. The third-order valence-corrected chi connectivity index (χ3v) is 4.30. The van der Waals surface area contributed by atoms with Gasteiger partial charge in [-0.15, -0.1) is 0 Å². The van der Waals surface area contributed by atoms with Crippen LogP contribution in [-0.4, -0.2) is 19.1 Å². The first kappa shape index (κ1) is 14.9. The number of fused-ring (bicyclic) bond motifs is 1. The highest BCUT2D eigenvalue weighted by atomic mass is 79.9. The molecular weight excluding hydrogens is 346 g/mol. The van der Waals surface area contributed by atoms with E-state index in [1.54, 1.807) is 0 Å². The second-order valence-electron chi connectivity index (χ2n) is 5.17. The van der Waals surface area contributed by atoms with E-state index in [9.17, 15) is 4.79 Å². The van der Waals surface area contributed by atoms with Crippen molar-refractivity contribution in [3.8, 4) is 11.5 Å². The zero-order valence-electron chi connectivity index (χ0n) is 12.2. The van der Waals surface area contributed by atoms with Gasteiger partial charge in [-0.2, -0.15) is 0 Å². The molecule has 4 nitrogen and oxygen atoms in total. The Balaban J connectivity index is 1.67. The fourth-order valence-corrected chi connectivity index (χ4v) is 2.56. The molecule has 114 valence electrons. The molecule has 1 N–H and O–H groups in total. The molecule has 0 aliphatic carbocycles. The number of halogens is 1. The van der Waals surface area contributed by atoms with Gasteiger partial charge in [0.05, 0.1) is 6.42 Å². The molecule has 2 aromatic carbocycles. The number of hydrogen-bond acceptors (Lipinski definition) is 3. The number of nitrogens with one attached hydrogen (secondary N) is 1. The fourth-order valence-electron chi connectivity index (χ4n) is 2.31. The molecule has 22 heavy (non-hydrogen) atoms. The van der Waals surface area contributed by atoms with Crippen LogP contribution in [0.15, 0.2) is 40.9 Å². The Morgan fingerprint density at radius 3 is 2.68 bits per heavy atom. The van der Waals surface area contributed by atoms with E-state index in [1.807, 2.05) is 43.3 Å². The van der Waals surface area contributed by atoms with Crippen molar-refractivity contribution in [1.82, 2.24) is 0 Å². The van der Waals surface area contributed by atoms with Gasteiger partial charge in [0.1, 0.15) is 13.2 Å². The van der Waals surface area contributed by atoms with E-state index in [1.165, 1.54) is 0 Å². The van der Waals surface area contributed by atoms with Crippen molar-refractivity contribution in [3.05, 3.63) is 52.0 Å². The van der Waals surface area contributed by atoms with Gasteiger partial charge in [0.15, 0.2) is 11.5 Å². The van der Waals surface area contributed by atoms with Gasteiger partial charge in [0, 0.05) is 10.2 Å². The molecule has 0 atom stereocenters. The third kappa shape index (κ3) is 3.42. The number of ether oxygens (including phenoxy) is 2. The molecule has 0 bridgehead atoms. The van der Waals surface area contributed by atoms with Gasteiger partial charge in [-0.05, 0) is 48.4 Å². The molecule has 0 saturated heterocycles. The molecule has 0 unspecified atom stereocenters. The monoisotopic (exact) mass is 361 g/mol. The van der Waals surface area contributed by atoms with Gasteiger partial charge < -0.3 is 14.8 Å². The standard InChI is InChI=1S/C17H16BrNO3/c1-11-8-13(3-4-14(11)18)19-17(20)10-12-2-5-15-16(9-12)22-7-6-21-15/h2-5,8-9H,6-7,10H2,1H3,(H,19,20). The average Bonchev–Trinajstić information content (AvgIpc) is 2.51. The SMILES string of the molecule is Cc1cc(NC(=O)Cc2ccc3c(c2)OCCO3)ccc1Br. The van der Waals surface area contributed by atoms with Crippen LogP contribution in [0.1, 0.15) is 11.1 Å². The molecule has 0 spiro atoms. The summed E-state index contributed by atoms with van der Waals surface area (Å²) in [6.45, 7) is 3.09. The Kier molecular flexibility index (Phi) is 4.34. The van der Waals surface area contributed by atoms with Crippen LogP contribution >= 0.6 is 15.9 Å². The summed E-state index contributed by atoms with van der Waals surface area (Å²) in [4.78, 5) is 12.2. The van der Waals surface area contributed by atoms with Crippen molar-refractivity contribution in [2.24, 2.45) is 0 Å². The van der Waals surface area contributed by atoms with Crippen LogP contribution in [0.4, 0.5) is 5.69 Å². The lowest BCUT2D eigenvalue weighted by Gasteiger charge is -2.18. The zero-order chi connectivity index (χ0) is 15.5. The van der Waals surface area contributed by atoms with Gasteiger partial charge >= 0.3 is 0 Å². The van der Waals surface area contributed by atoms with E-state index in [0.717, 1.165) is 27.0 Å². The minimum atomic E-state index is -0.0570. The lowest BCUT2D eigenvalue weighted by atomic mass is 10.1. The molecule has 0 fully saturated rings. The van der Waals surface area contributed by atoms with Crippen LogP contribution in [-0.2, 0) is 11.2 Å². The average molecular weight is 362 g/mol. The first-order valence-corrected chi connectivity index (χ1v) is 7.85. The number of carbonyl (C=O) groups excluding carboxylic acids is 1. The fraction of sp³-hybridized carbons (Fsp3) is 0.235. The molecule has 3 rings (SSSR count). The second kappa shape index (κ2) is 6.40. The second-order valence-corrected chi connectivity index (χ2v) is 6.02. The summed E-state index contributed by atoms with van der Waals surface area (Å²) in [6, 6.07) is 11.3. The van der Waals surface area contributed by atoms with E-state index in [-0.39, 0.29) is 5.91 Å². The number of aryl methyl sites for hydroxylation is 1. The maximum atomic E-state index is 12.2. The summed E-state index contributed by atoms with van der Waals surface area (Å²) in [6.07, 6.45) is 0.297. The molecule has 2 aromatic rings. The molecule has 0 saturated carbocycles. The minimum Gasteiger partial charge on any atom is -0.486 e. The smallest absolute Gasteiger partial charge is 0.228 e. The number of rotatable bonds is 3. The number of amides is 1. The van der Waals surface area contributed by atoms with Crippen molar-refractivity contribution in [2.75, 3.05) is 18.5 Å². The summed E-state index contributed by atoms with van der Waals surface area (Å²) in [5.74, 6) is 1.38. The Bertz CT molecular complexity index is 715. The van der Waals surface area contributed by atoms with Crippen LogP contribution < -0.4 is 14.8 Å². The molecule has 0 radical (unpaired) electrons. The Morgan fingerprint density at radius 2 is 1.91 bits per heavy atom. The molecule has 5 heteroatoms. The predicted octanol–water partition coefficient (Wildman–Crippen LogP) is 3.71. The highest BCUT2D eigenvalue weighted by Crippen LogP contribution is 2.31. The molecule has 0 aromatic heterocycles. The van der Waals surface area contributed by atoms with E-state index >= 15 is 0 Å². The molecule has 1 aliphatic rings. The summed E-state index contributed by atoms with van der Waals surface area (Å²) < 4.78 is 12.0. The highest BCUT2D eigenvalue weighted by molar-refractivity contribution is 9.10. The first-order chi connectivity index (χ1) is 10.6. The maximum Gasteiger partial charge on any atom is 0.228 e.